The maximum Gasteiger partial charge on any atom is 0.119 e. The van der Waals surface area contributed by atoms with Crippen molar-refractivity contribution in [2.75, 3.05) is 13.2 Å². The Hall–Kier alpha value is -1.06. The summed E-state index contributed by atoms with van der Waals surface area (Å²) in [4.78, 5) is 0. The highest BCUT2D eigenvalue weighted by atomic mass is 16.5. The van der Waals surface area contributed by atoms with Gasteiger partial charge < -0.3 is 14.9 Å². The molecule has 1 atom stereocenters. The van der Waals surface area contributed by atoms with E-state index in [2.05, 4.69) is 0 Å². The van der Waals surface area contributed by atoms with Crippen molar-refractivity contribution in [2.24, 2.45) is 5.92 Å². The Morgan fingerprint density at radius 2 is 1.82 bits per heavy atom. The first-order chi connectivity index (χ1) is 7.95. The highest BCUT2D eigenvalue weighted by molar-refractivity contribution is 5.27. The van der Waals surface area contributed by atoms with Gasteiger partial charge in [0.2, 0.25) is 0 Å². The van der Waals surface area contributed by atoms with E-state index in [1.165, 1.54) is 0 Å². The Bertz CT molecular complexity index is 328. The second-order valence-corrected chi connectivity index (χ2v) is 4.92. The maximum atomic E-state index is 10.0. The van der Waals surface area contributed by atoms with Crippen LogP contribution in [0.15, 0.2) is 24.3 Å². The molecule has 17 heavy (non-hydrogen) atoms. The number of hydrogen-bond acceptors (Lipinski definition) is 3. The van der Waals surface area contributed by atoms with Crippen LogP contribution in [-0.4, -0.2) is 29.0 Å². The van der Waals surface area contributed by atoms with Crippen LogP contribution in [0.4, 0.5) is 0 Å². The van der Waals surface area contributed by atoms with Crippen LogP contribution in [0.3, 0.4) is 0 Å². The zero-order valence-electron chi connectivity index (χ0n) is 10.8. The minimum absolute atomic E-state index is 0.149. The molecule has 3 nitrogen and oxygen atoms in total. The zero-order chi connectivity index (χ0) is 12.9. The summed E-state index contributed by atoms with van der Waals surface area (Å²) in [6, 6.07) is 7.58. The summed E-state index contributed by atoms with van der Waals surface area (Å²) in [5.41, 5.74) is 0.263. The number of rotatable bonds is 6. The van der Waals surface area contributed by atoms with Crippen LogP contribution in [0, 0.1) is 5.92 Å². The van der Waals surface area contributed by atoms with Crippen LogP contribution in [0.2, 0.25) is 0 Å². The SMILES string of the molecule is CC(C)C(C)(O)COc1ccc(CCO)cc1. The molecule has 0 aliphatic rings. The summed E-state index contributed by atoms with van der Waals surface area (Å²) in [5, 5.41) is 18.8. The van der Waals surface area contributed by atoms with Crippen LogP contribution in [-0.2, 0) is 6.42 Å². The predicted octanol–water partition coefficient (Wildman–Crippen LogP) is 2.01. The topological polar surface area (TPSA) is 49.7 Å². The molecule has 96 valence electrons. The van der Waals surface area contributed by atoms with Crippen LogP contribution in [0.25, 0.3) is 0 Å². The standard InChI is InChI=1S/C14H22O3/c1-11(2)14(3,16)10-17-13-6-4-12(5-7-13)8-9-15/h4-7,11,15-16H,8-10H2,1-3H3. The smallest absolute Gasteiger partial charge is 0.119 e. The van der Waals surface area contributed by atoms with Crippen molar-refractivity contribution in [1.82, 2.24) is 0 Å². The molecule has 1 rings (SSSR count). The molecule has 0 heterocycles. The van der Waals surface area contributed by atoms with Gasteiger partial charge in [0.05, 0.1) is 5.60 Å². The molecule has 3 heteroatoms. The van der Waals surface area contributed by atoms with Gasteiger partial charge >= 0.3 is 0 Å². The monoisotopic (exact) mass is 238 g/mol. The maximum absolute atomic E-state index is 10.0. The van der Waals surface area contributed by atoms with Crippen LogP contribution >= 0.6 is 0 Å². The lowest BCUT2D eigenvalue weighted by atomic mass is 9.94. The van der Waals surface area contributed by atoms with Crippen LogP contribution in [0.5, 0.6) is 5.75 Å². The number of benzene rings is 1. The first-order valence-electron chi connectivity index (χ1n) is 6.00. The molecule has 0 amide bonds. The van der Waals surface area contributed by atoms with Gasteiger partial charge in [-0.2, -0.15) is 0 Å². The first-order valence-corrected chi connectivity index (χ1v) is 6.00. The molecule has 2 N–H and O–H groups in total. The third-order valence-corrected chi connectivity index (χ3v) is 3.10. The summed E-state index contributed by atoms with van der Waals surface area (Å²) in [6.45, 7) is 6.14. The molecule has 1 unspecified atom stereocenters. The lowest BCUT2D eigenvalue weighted by Gasteiger charge is -2.27. The van der Waals surface area contributed by atoms with Crippen molar-refractivity contribution in [1.29, 1.82) is 0 Å². The fraction of sp³-hybridized carbons (Fsp3) is 0.571. The molecule has 0 aliphatic carbocycles. The Balaban J connectivity index is 2.52. The predicted molar refractivity (Wildman–Crippen MR) is 68.2 cm³/mol. The largest absolute Gasteiger partial charge is 0.491 e. The summed E-state index contributed by atoms with van der Waals surface area (Å²) < 4.78 is 5.55. The molecule has 0 aliphatic heterocycles. The lowest BCUT2D eigenvalue weighted by molar-refractivity contribution is -0.0266. The van der Waals surface area contributed by atoms with E-state index in [9.17, 15) is 5.11 Å². The Morgan fingerprint density at radius 1 is 1.24 bits per heavy atom. The molecular weight excluding hydrogens is 216 g/mol. The Kier molecular flexibility index (Phi) is 4.97. The van der Waals surface area contributed by atoms with E-state index in [1.807, 2.05) is 38.1 Å². The van der Waals surface area contributed by atoms with E-state index in [1.54, 1.807) is 6.92 Å². The molecule has 0 saturated carbocycles. The molecular formula is C14H22O3. The lowest BCUT2D eigenvalue weighted by Crippen LogP contribution is -2.37. The molecule has 0 bridgehead atoms. The van der Waals surface area contributed by atoms with Crippen molar-refractivity contribution >= 4 is 0 Å². The van der Waals surface area contributed by atoms with Gasteiger partial charge in [-0.1, -0.05) is 26.0 Å². The molecule has 1 aromatic rings. The molecule has 0 radical (unpaired) electrons. The van der Waals surface area contributed by atoms with E-state index in [0.29, 0.717) is 6.42 Å². The Morgan fingerprint density at radius 3 is 2.29 bits per heavy atom. The van der Waals surface area contributed by atoms with Gasteiger partial charge in [-0.3, -0.25) is 0 Å². The molecule has 0 spiro atoms. The fourth-order valence-corrected chi connectivity index (χ4v) is 1.28. The molecule has 1 aromatic carbocycles. The summed E-state index contributed by atoms with van der Waals surface area (Å²) >= 11 is 0. The van der Waals surface area contributed by atoms with E-state index < -0.39 is 5.60 Å². The first kappa shape index (κ1) is 14.0. The molecule has 0 fully saturated rings. The average Bonchev–Trinajstić information content (AvgIpc) is 2.28. The molecule has 0 saturated heterocycles. The second-order valence-electron chi connectivity index (χ2n) is 4.92. The highest BCUT2D eigenvalue weighted by Gasteiger charge is 2.25. The molecule has 0 aromatic heterocycles. The highest BCUT2D eigenvalue weighted by Crippen LogP contribution is 2.19. The van der Waals surface area contributed by atoms with E-state index >= 15 is 0 Å². The average molecular weight is 238 g/mol. The van der Waals surface area contributed by atoms with Gasteiger partial charge in [0, 0.05) is 6.61 Å². The van der Waals surface area contributed by atoms with Crippen molar-refractivity contribution in [2.45, 2.75) is 32.8 Å². The van der Waals surface area contributed by atoms with E-state index in [-0.39, 0.29) is 19.1 Å². The van der Waals surface area contributed by atoms with Gasteiger partial charge in [0.15, 0.2) is 0 Å². The van der Waals surface area contributed by atoms with E-state index in [0.717, 1.165) is 11.3 Å². The third kappa shape index (κ3) is 4.36. The summed E-state index contributed by atoms with van der Waals surface area (Å²) in [6.07, 6.45) is 0.657. The minimum Gasteiger partial charge on any atom is -0.491 e. The normalized spacial score (nSPS) is 14.7. The quantitative estimate of drug-likeness (QED) is 0.797. The van der Waals surface area contributed by atoms with Gasteiger partial charge in [0.1, 0.15) is 12.4 Å². The second kappa shape index (κ2) is 6.03. The van der Waals surface area contributed by atoms with Crippen molar-refractivity contribution in [3.63, 3.8) is 0 Å². The summed E-state index contributed by atoms with van der Waals surface area (Å²) in [7, 11) is 0. The Labute approximate surface area is 103 Å². The third-order valence-electron chi connectivity index (χ3n) is 3.10. The van der Waals surface area contributed by atoms with Crippen molar-refractivity contribution in [3.05, 3.63) is 29.8 Å². The van der Waals surface area contributed by atoms with Gasteiger partial charge in [0.25, 0.3) is 0 Å². The number of aliphatic hydroxyl groups is 2. The number of ether oxygens (including phenoxy) is 1. The van der Waals surface area contributed by atoms with Crippen molar-refractivity contribution in [3.8, 4) is 5.75 Å². The number of aliphatic hydroxyl groups excluding tert-OH is 1. The zero-order valence-corrected chi connectivity index (χ0v) is 10.8. The van der Waals surface area contributed by atoms with Crippen LogP contribution < -0.4 is 4.74 Å². The van der Waals surface area contributed by atoms with Crippen LogP contribution in [0.1, 0.15) is 26.3 Å². The fourth-order valence-electron chi connectivity index (χ4n) is 1.28. The van der Waals surface area contributed by atoms with Gasteiger partial charge in [-0.15, -0.1) is 0 Å². The van der Waals surface area contributed by atoms with Gasteiger partial charge in [-0.05, 0) is 37.0 Å². The summed E-state index contributed by atoms with van der Waals surface area (Å²) in [5.74, 6) is 0.892. The minimum atomic E-state index is -0.816. The van der Waals surface area contributed by atoms with Crippen molar-refractivity contribution < 1.29 is 14.9 Å². The van der Waals surface area contributed by atoms with E-state index in [4.69, 9.17) is 9.84 Å². The van der Waals surface area contributed by atoms with Gasteiger partial charge in [-0.25, -0.2) is 0 Å². The number of hydrogen-bond donors (Lipinski definition) is 2.